The van der Waals surface area contributed by atoms with Crippen molar-refractivity contribution in [3.05, 3.63) is 42.1 Å². The zero-order chi connectivity index (χ0) is 11.5. The number of nitrogens with zero attached hydrogens (tertiary/aromatic N) is 2. The quantitative estimate of drug-likeness (QED) is 0.850. The summed E-state index contributed by atoms with van der Waals surface area (Å²) in [6.07, 6.45) is 0.857. The first-order valence-electron chi connectivity index (χ1n) is 5.50. The SMILES string of the molecule is C[C@H](N)Cc1cc(-c2ccccc2)nn1C. The first kappa shape index (κ1) is 10.9. The smallest absolute Gasteiger partial charge is 0.0925 e. The average molecular weight is 215 g/mol. The Balaban J connectivity index is 2.31. The van der Waals surface area contributed by atoms with Gasteiger partial charge in [-0.2, -0.15) is 5.10 Å². The van der Waals surface area contributed by atoms with Gasteiger partial charge >= 0.3 is 0 Å². The van der Waals surface area contributed by atoms with Crippen molar-refractivity contribution >= 4 is 0 Å². The van der Waals surface area contributed by atoms with Gasteiger partial charge in [-0.1, -0.05) is 30.3 Å². The summed E-state index contributed by atoms with van der Waals surface area (Å²) in [4.78, 5) is 0. The van der Waals surface area contributed by atoms with Crippen LogP contribution in [0.4, 0.5) is 0 Å². The second-order valence-corrected chi connectivity index (χ2v) is 4.19. The first-order valence-corrected chi connectivity index (χ1v) is 5.50. The van der Waals surface area contributed by atoms with Crippen molar-refractivity contribution in [1.29, 1.82) is 0 Å². The maximum Gasteiger partial charge on any atom is 0.0925 e. The van der Waals surface area contributed by atoms with Gasteiger partial charge in [0.15, 0.2) is 0 Å². The molecule has 0 bridgehead atoms. The van der Waals surface area contributed by atoms with Crippen molar-refractivity contribution in [3.63, 3.8) is 0 Å². The minimum absolute atomic E-state index is 0.166. The summed E-state index contributed by atoms with van der Waals surface area (Å²) in [5.41, 5.74) is 9.13. The van der Waals surface area contributed by atoms with E-state index in [-0.39, 0.29) is 6.04 Å². The number of rotatable bonds is 3. The van der Waals surface area contributed by atoms with E-state index in [4.69, 9.17) is 5.73 Å². The van der Waals surface area contributed by atoms with Crippen molar-refractivity contribution in [3.8, 4) is 11.3 Å². The average Bonchev–Trinajstić information content (AvgIpc) is 2.61. The van der Waals surface area contributed by atoms with Gasteiger partial charge in [-0.05, 0) is 13.0 Å². The Hall–Kier alpha value is -1.61. The lowest BCUT2D eigenvalue weighted by Crippen LogP contribution is -2.19. The molecule has 0 radical (unpaired) electrons. The zero-order valence-electron chi connectivity index (χ0n) is 9.72. The molecule has 0 unspecified atom stereocenters. The second-order valence-electron chi connectivity index (χ2n) is 4.19. The molecule has 0 saturated heterocycles. The van der Waals surface area contributed by atoms with Gasteiger partial charge in [0.05, 0.1) is 5.69 Å². The maximum absolute atomic E-state index is 5.80. The molecule has 2 aromatic rings. The minimum Gasteiger partial charge on any atom is -0.328 e. The highest BCUT2D eigenvalue weighted by molar-refractivity contribution is 5.59. The molecular weight excluding hydrogens is 198 g/mol. The van der Waals surface area contributed by atoms with Crippen LogP contribution in [0.5, 0.6) is 0 Å². The van der Waals surface area contributed by atoms with Gasteiger partial charge in [-0.25, -0.2) is 0 Å². The zero-order valence-corrected chi connectivity index (χ0v) is 9.72. The van der Waals surface area contributed by atoms with E-state index in [0.717, 1.165) is 17.7 Å². The van der Waals surface area contributed by atoms with E-state index >= 15 is 0 Å². The summed E-state index contributed by atoms with van der Waals surface area (Å²) in [7, 11) is 1.96. The highest BCUT2D eigenvalue weighted by atomic mass is 15.3. The van der Waals surface area contributed by atoms with Crippen molar-refractivity contribution < 1.29 is 0 Å². The third-order valence-electron chi connectivity index (χ3n) is 2.58. The molecule has 1 heterocycles. The van der Waals surface area contributed by atoms with Gasteiger partial charge in [0.2, 0.25) is 0 Å². The molecule has 0 amide bonds. The number of aromatic nitrogens is 2. The molecular formula is C13H17N3. The highest BCUT2D eigenvalue weighted by Gasteiger charge is 2.08. The first-order chi connectivity index (χ1) is 7.66. The molecule has 0 fully saturated rings. The molecule has 1 aromatic carbocycles. The molecule has 0 aliphatic rings. The summed E-state index contributed by atoms with van der Waals surface area (Å²) in [6, 6.07) is 12.5. The van der Waals surface area contributed by atoms with Gasteiger partial charge in [-0.15, -0.1) is 0 Å². The van der Waals surface area contributed by atoms with Gasteiger partial charge in [0.25, 0.3) is 0 Å². The van der Waals surface area contributed by atoms with Crippen LogP contribution in [-0.2, 0) is 13.5 Å². The van der Waals surface area contributed by atoms with Crippen molar-refractivity contribution in [1.82, 2.24) is 9.78 Å². The van der Waals surface area contributed by atoms with Gasteiger partial charge in [-0.3, -0.25) is 4.68 Å². The van der Waals surface area contributed by atoms with E-state index in [1.54, 1.807) is 0 Å². The molecule has 3 heteroatoms. The molecule has 0 aliphatic carbocycles. The van der Waals surface area contributed by atoms with Gasteiger partial charge in [0.1, 0.15) is 0 Å². The number of hydrogen-bond donors (Lipinski definition) is 1. The summed E-state index contributed by atoms with van der Waals surface area (Å²) in [5, 5.41) is 4.50. The monoisotopic (exact) mass is 215 g/mol. The van der Waals surface area contributed by atoms with E-state index in [0.29, 0.717) is 0 Å². The molecule has 0 saturated carbocycles. The predicted molar refractivity (Wildman–Crippen MR) is 66.0 cm³/mol. The van der Waals surface area contributed by atoms with Crippen molar-refractivity contribution in [2.75, 3.05) is 0 Å². The third kappa shape index (κ3) is 2.31. The largest absolute Gasteiger partial charge is 0.328 e. The third-order valence-corrected chi connectivity index (χ3v) is 2.58. The maximum atomic E-state index is 5.80. The lowest BCUT2D eigenvalue weighted by molar-refractivity contribution is 0.651. The van der Waals surface area contributed by atoms with Gasteiger partial charge in [0, 0.05) is 30.8 Å². The fourth-order valence-corrected chi connectivity index (χ4v) is 1.78. The van der Waals surface area contributed by atoms with E-state index in [9.17, 15) is 0 Å². The summed E-state index contributed by atoms with van der Waals surface area (Å²) < 4.78 is 1.91. The number of nitrogens with two attached hydrogens (primary N) is 1. The molecule has 3 nitrogen and oxygen atoms in total. The lowest BCUT2D eigenvalue weighted by Gasteiger charge is -2.03. The van der Waals surface area contributed by atoms with Crippen LogP contribution in [0.2, 0.25) is 0 Å². The van der Waals surface area contributed by atoms with Crippen molar-refractivity contribution in [2.45, 2.75) is 19.4 Å². The molecule has 2 N–H and O–H groups in total. The van der Waals surface area contributed by atoms with Crippen LogP contribution in [0.15, 0.2) is 36.4 Å². The summed E-state index contributed by atoms with van der Waals surface area (Å²) >= 11 is 0. The van der Waals surface area contributed by atoms with E-state index < -0.39 is 0 Å². The van der Waals surface area contributed by atoms with E-state index in [1.807, 2.05) is 36.9 Å². The molecule has 84 valence electrons. The standard InChI is InChI=1S/C13H17N3/c1-10(14)8-12-9-13(15-16(12)2)11-6-4-3-5-7-11/h3-7,9-10H,8,14H2,1-2H3/t10-/m0/s1. The van der Waals surface area contributed by atoms with Crippen LogP contribution in [0.25, 0.3) is 11.3 Å². The Kier molecular flexibility index (Phi) is 3.06. The Morgan fingerprint density at radius 1 is 1.31 bits per heavy atom. The Morgan fingerprint density at radius 3 is 2.62 bits per heavy atom. The van der Waals surface area contributed by atoms with Crippen LogP contribution in [0.1, 0.15) is 12.6 Å². The highest BCUT2D eigenvalue weighted by Crippen LogP contribution is 2.18. The minimum atomic E-state index is 0.166. The van der Waals surface area contributed by atoms with Crippen LogP contribution in [0, 0.1) is 0 Å². The van der Waals surface area contributed by atoms with Crippen LogP contribution in [0.3, 0.4) is 0 Å². The lowest BCUT2D eigenvalue weighted by atomic mass is 10.1. The predicted octanol–water partition coefficient (Wildman–Crippen LogP) is 1.98. The molecule has 0 aliphatic heterocycles. The molecule has 1 atom stereocenters. The Bertz CT molecular complexity index is 457. The van der Waals surface area contributed by atoms with E-state index in [1.165, 1.54) is 5.69 Å². The topological polar surface area (TPSA) is 43.8 Å². The fourth-order valence-electron chi connectivity index (χ4n) is 1.78. The fraction of sp³-hybridized carbons (Fsp3) is 0.308. The normalized spacial score (nSPS) is 12.7. The van der Waals surface area contributed by atoms with E-state index in [2.05, 4.69) is 23.3 Å². The Labute approximate surface area is 95.9 Å². The number of aryl methyl sites for hydroxylation is 1. The number of benzene rings is 1. The van der Waals surface area contributed by atoms with Gasteiger partial charge < -0.3 is 5.73 Å². The Morgan fingerprint density at radius 2 is 2.00 bits per heavy atom. The number of hydrogen-bond acceptors (Lipinski definition) is 2. The van der Waals surface area contributed by atoms with Crippen LogP contribution in [-0.4, -0.2) is 15.8 Å². The summed E-state index contributed by atoms with van der Waals surface area (Å²) in [6.45, 7) is 2.01. The van der Waals surface area contributed by atoms with Crippen LogP contribution < -0.4 is 5.73 Å². The molecule has 1 aromatic heterocycles. The molecule has 0 spiro atoms. The second kappa shape index (κ2) is 4.49. The molecule has 2 rings (SSSR count). The van der Waals surface area contributed by atoms with Crippen molar-refractivity contribution in [2.24, 2.45) is 12.8 Å². The summed E-state index contributed by atoms with van der Waals surface area (Å²) in [5.74, 6) is 0. The molecule has 16 heavy (non-hydrogen) atoms. The van der Waals surface area contributed by atoms with Crippen LogP contribution >= 0.6 is 0 Å².